The van der Waals surface area contributed by atoms with E-state index in [2.05, 4.69) is 0 Å². The average Bonchev–Trinajstić information content (AvgIpc) is 3.32. The summed E-state index contributed by atoms with van der Waals surface area (Å²) in [6.45, 7) is 4.64. The summed E-state index contributed by atoms with van der Waals surface area (Å²) in [6, 6.07) is 12.4. The quantitative estimate of drug-likeness (QED) is 0.745. The fraction of sp³-hybridized carbons (Fsp3) is 0.333. The minimum atomic E-state index is -4.31. The van der Waals surface area contributed by atoms with Gasteiger partial charge in [-0.15, -0.1) is 0 Å². The van der Waals surface area contributed by atoms with Gasteiger partial charge in [0.15, 0.2) is 0 Å². The molecule has 1 atom stereocenters. The molecule has 1 fully saturated rings. The molecule has 0 saturated carbocycles. The minimum Gasteiger partial charge on any atom is -0.485 e. The fourth-order valence-corrected chi connectivity index (χ4v) is 2.39. The number of hydrogen-bond donors (Lipinski definition) is 0. The molecule has 5 heteroatoms. The molecule has 2 aromatic carbocycles. The second-order valence-electron chi connectivity index (χ2n) is 6.13. The zero-order valence-electron chi connectivity index (χ0n) is 12.9. The Morgan fingerprint density at radius 2 is 1.39 bits per heavy atom. The van der Waals surface area contributed by atoms with Crippen molar-refractivity contribution in [1.29, 1.82) is 0 Å². The summed E-state index contributed by atoms with van der Waals surface area (Å²) in [7, 11) is 0. The Kier molecular flexibility index (Phi) is 3.84. The minimum absolute atomic E-state index is 0.108. The molecule has 3 rings (SSSR count). The van der Waals surface area contributed by atoms with Gasteiger partial charge in [-0.05, 0) is 49.2 Å². The van der Waals surface area contributed by atoms with Gasteiger partial charge in [0.25, 0.3) is 0 Å². The normalized spacial score (nSPS) is 17.9. The van der Waals surface area contributed by atoms with Crippen LogP contribution in [0.25, 0.3) is 11.1 Å². The third kappa shape index (κ3) is 3.67. The Morgan fingerprint density at radius 3 is 1.83 bits per heavy atom. The summed E-state index contributed by atoms with van der Waals surface area (Å²) < 4.78 is 48.9. The molecule has 122 valence electrons. The van der Waals surface area contributed by atoms with E-state index in [1.165, 1.54) is 12.1 Å². The fourth-order valence-electron chi connectivity index (χ4n) is 2.39. The molecular formula is C18H17F3O2. The van der Waals surface area contributed by atoms with Crippen molar-refractivity contribution in [1.82, 2.24) is 0 Å². The van der Waals surface area contributed by atoms with Crippen LogP contribution in [0, 0.1) is 0 Å². The van der Waals surface area contributed by atoms with Gasteiger partial charge in [-0.25, -0.2) is 0 Å². The SMILES string of the molecule is CC(C)(Oc1ccc(-c2ccc(C(F)(F)F)cc2)cc1)C1CO1. The van der Waals surface area contributed by atoms with E-state index in [-0.39, 0.29) is 6.10 Å². The van der Waals surface area contributed by atoms with Crippen molar-refractivity contribution >= 4 is 0 Å². The molecule has 1 unspecified atom stereocenters. The van der Waals surface area contributed by atoms with Crippen molar-refractivity contribution < 1.29 is 22.6 Å². The third-order valence-electron chi connectivity index (χ3n) is 3.89. The van der Waals surface area contributed by atoms with Crippen molar-refractivity contribution in [3.63, 3.8) is 0 Å². The highest BCUT2D eigenvalue weighted by molar-refractivity contribution is 5.64. The van der Waals surface area contributed by atoms with E-state index in [4.69, 9.17) is 9.47 Å². The molecule has 0 aromatic heterocycles. The molecule has 1 heterocycles. The second-order valence-corrected chi connectivity index (χ2v) is 6.13. The standard InChI is InChI=1S/C18H17F3O2/c1-17(2,16-11-22-16)23-15-9-5-13(6-10-15)12-3-7-14(8-4-12)18(19,20)21/h3-10,16H,11H2,1-2H3. The third-order valence-corrected chi connectivity index (χ3v) is 3.89. The van der Waals surface area contributed by atoms with E-state index in [0.29, 0.717) is 12.4 Å². The first-order valence-corrected chi connectivity index (χ1v) is 7.34. The maximum Gasteiger partial charge on any atom is 0.416 e. The van der Waals surface area contributed by atoms with Crippen LogP contribution in [-0.4, -0.2) is 18.3 Å². The lowest BCUT2D eigenvalue weighted by Crippen LogP contribution is -2.34. The summed E-state index contributed by atoms with van der Waals surface area (Å²) in [4.78, 5) is 0. The summed E-state index contributed by atoms with van der Waals surface area (Å²) in [5.41, 5.74) is 0.531. The lowest BCUT2D eigenvalue weighted by molar-refractivity contribution is -0.137. The van der Waals surface area contributed by atoms with Crippen molar-refractivity contribution in [2.75, 3.05) is 6.61 Å². The first-order chi connectivity index (χ1) is 10.8. The summed E-state index contributed by atoms with van der Waals surface area (Å²) in [6.07, 6.45) is -4.20. The molecule has 0 radical (unpaired) electrons. The first-order valence-electron chi connectivity index (χ1n) is 7.34. The number of halogens is 3. The van der Waals surface area contributed by atoms with E-state index < -0.39 is 17.3 Å². The van der Waals surface area contributed by atoms with Gasteiger partial charge in [0.05, 0.1) is 12.2 Å². The predicted octanol–water partition coefficient (Wildman–Crippen LogP) is 4.93. The van der Waals surface area contributed by atoms with Crippen molar-refractivity contribution in [2.45, 2.75) is 31.7 Å². The molecule has 0 aliphatic carbocycles. The molecule has 1 saturated heterocycles. The van der Waals surface area contributed by atoms with Gasteiger partial charge in [0, 0.05) is 0 Å². The molecular weight excluding hydrogens is 305 g/mol. The molecule has 1 aliphatic rings. The number of benzene rings is 2. The van der Waals surface area contributed by atoms with Gasteiger partial charge in [-0.2, -0.15) is 13.2 Å². The molecule has 0 amide bonds. The largest absolute Gasteiger partial charge is 0.485 e. The lowest BCUT2D eigenvalue weighted by Gasteiger charge is -2.24. The monoisotopic (exact) mass is 322 g/mol. The smallest absolute Gasteiger partial charge is 0.416 e. The Bertz CT molecular complexity index is 669. The van der Waals surface area contributed by atoms with Crippen molar-refractivity contribution in [3.05, 3.63) is 54.1 Å². The van der Waals surface area contributed by atoms with E-state index in [0.717, 1.165) is 23.3 Å². The summed E-state index contributed by atoms with van der Waals surface area (Å²) in [5, 5.41) is 0. The number of hydrogen-bond acceptors (Lipinski definition) is 2. The number of alkyl halides is 3. The average molecular weight is 322 g/mol. The second kappa shape index (κ2) is 5.57. The van der Waals surface area contributed by atoms with E-state index in [9.17, 15) is 13.2 Å². The maximum absolute atomic E-state index is 12.6. The molecule has 0 spiro atoms. The van der Waals surface area contributed by atoms with Crippen LogP contribution in [0.1, 0.15) is 19.4 Å². The van der Waals surface area contributed by atoms with E-state index >= 15 is 0 Å². The molecule has 1 aliphatic heterocycles. The van der Waals surface area contributed by atoms with Crippen molar-refractivity contribution in [3.8, 4) is 16.9 Å². The molecule has 2 nitrogen and oxygen atoms in total. The number of epoxide rings is 1. The lowest BCUT2D eigenvalue weighted by atomic mass is 10.0. The van der Waals surface area contributed by atoms with E-state index in [1.54, 1.807) is 0 Å². The van der Waals surface area contributed by atoms with Crippen LogP contribution in [0.2, 0.25) is 0 Å². The van der Waals surface area contributed by atoms with Crippen LogP contribution in [0.3, 0.4) is 0 Å². The van der Waals surface area contributed by atoms with Gasteiger partial charge >= 0.3 is 6.18 Å². The highest BCUT2D eigenvalue weighted by Crippen LogP contribution is 2.33. The summed E-state index contributed by atoms with van der Waals surface area (Å²) in [5.74, 6) is 0.709. The highest BCUT2D eigenvalue weighted by Gasteiger charge is 2.41. The van der Waals surface area contributed by atoms with Crippen molar-refractivity contribution in [2.24, 2.45) is 0 Å². The maximum atomic E-state index is 12.6. The number of ether oxygens (including phenoxy) is 2. The predicted molar refractivity (Wildman–Crippen MR) is 81.3 cm³/mol. The zero-order chi connectivity index (χ0) is 16.7. The Labute approximate surface area is 132 Å². The van der Waals surface area contributed by atoms with Gasteiger partial charge in [-0.3, -0.25) is 0 Å². The summed E-state index contributed by atoms with van der Waals surface area (Å²) >= 11 is 0. The molecule has 23 heavy (non-hydrogen) atoms. The van der Waals surface area contributed by atoms with Crippen LogP contribution in [0.4, 0.5) is 13.2 Å². The van der Waals surface area contributed by atoms with Gasteiger partial charge in [0.1, 0.15) is 17.5 Å². The van der Waals surface area contributed by atoms with Crippen LogP contribution in [-0.2, 0) is 10.9 Å². The zero-order valence-corrected chi connectivity index (χ0v) is 12.9. The van der Waals surface area contributed by atoms with Gasteiger partial charge in [-0.1, -0.05) is 24.3 Å². The first kappa shape index (κ1) is 15.9. The Morgan fingerprint density at radius 1 is 0.913 bits per heavy atom. The van der Waals surface area contributed by atoms with Crippen LogP contribution < -0.4 is 4.74 Å². The molecule has 0 N–H and O–H groups in total. The van der Waals surface area contributed by atoms with Gasteiger partial charge in [0.2, 0.25) is 0 Å². The van der Waals surface area contributed by atoms with Crippen LogP contribution in [0.5, 0.6) is 5.75 Å². The Hall–Kier alpha value is -2.01. The molecule has 0 bridgehead atoms. The van der Waals surface area contributed by atoms with Crippen LogP contribution in [0.15, 0.2) is 48.5 Å². The van der Waals surface area contributed by atoms with Crippen LogP contribution >= 0.6 is 0 Å². The Balaban J connectivity index is 1.74. The molecule has 2 aromatic rings. The highest BCUT2D eigenvalue weighted by atomic mass is 19.4. The number of rotatable bonds is 4. The van der Waals surface area contributed by atoms with E-state index in [1.807, 2.05) is 38.1 Å². The van der Waals surface area contributed by atoms with Gasteiger partial charge < -0.3 is 9.47 Å². The topological polar surface area (TPSA) is 21.8 Å².